The van der Waals surface area contributed by atoms with E-state index < -0.39 is 0 Å². The standard InChI is InChI=1S/C22H38N6O/c1-4-29-19-14-18(22(19)12-8-9-13-22)25-21(24-17-10-6-5-7-11-17)23-15-20-27-26-16(2)28(20)3/h17-19H,4-15H2,1-3H3,(H2,23,24,25). The maximum atomic E-state index is 6.10. The maximum absolute atomic E-state index is 6.10. The number of hydrogen-bond acceptors (Lipinski definition) is 4. The molecule has 2 N–H and O–H groups in total. The first-order valence-electron chi connectivity index (χ1n) is 11.7. The number of ether oxygens (including phenoxy) is 1. The van der Waals surface area contributed by atoms with Crippen LogP contribution in [0.5, 0.6) is 0 Å². The van der Waals surface area contributed by atoms with Crippen molar-refractivity contribution in [3.8, 4) is 0 Å². The molecule has 0 bridgehead atoms. The molecular formula is C22H38N6O. The first-order valence-corrected chi connectivity index (χ1v) is 11.7. The third kappa shape index (κ3) is 4.30. The van der Waals surface area contributed by atoms with Gasteiger partial charge in [0.1, 0.15) is 12.4 Å². The predicted molar refractivity (Wildman–Crippen MR) is 115 cm³/mol. The molecule has 4 rings (SSSR count). The van der Waals surface area contributed by atoms with Gasteiger partial charge in [0.2, 0.25) is 0 Å². The lowest BCUT2D eigenvalue weighted by Crippen LogP contribution is -2.65. The summed E-state index contributed by atoms with van der Waals surface area (Å²) in [5, 5.41) is 16.0. The quantitative estimate of drug-likeness (QED) is 0.564. The molecule has 3 aliphatic rings. The van der Waals surface area contributed by atoms with E-state index in [9.17, 15) is 0 Å². The van der Waals surface area contributed by atoms with Crippen LogP contribution >= 0.6 is 0 Å². The second-order valence-electron chi connectivity index (χ2n) is 9.18. The van der Waals surface area contributed by atoms with Crippen molar-refractivity contribution >= 4 is 5.96 Å². The van der Waals surface area contributed by atoms with Crippen molar-refractivity contribution in [2.75, 3.05) is 6.61 Å². The normalized spacial score (nSPS) is 27.2. The third-order valence-corrected chi connectivity index (χ3v) is 7.51. The van der Waals surface area contributed by atoms with Gasteiger partial charge in [0.05, 0.1) is 6.10 Å². The van der Waals surface area contributed by atoms with Crippen molar-refractivity contribution in [2.45, 2.75) is 103 Å². The van der Waals surface area contributed by atoms with Crippen molar-refractivity contribution in [2.24, 2.45) is 17.5 Å². The number of aromatic nitrogens is 3. The van der Waals surface area contributed by atoms with E-state index in [4.69, 9.17) is 9.73 Å². The van der Waals surface area contributed by atoms with Crippen LogP contribution in [-0.4, -0.2) is 45.5 Å². The minimum atomic E-state index is 0.298. The van der Waals surface area contributed by atoms with Crippen LogP contribution in [0.15, 0.2) is 4.99 Å². The van der Waals surface area contributed by atoms with Crippen LogP contribution < -0.4 is 10.6 Å². The van der Waals surface area contributed by atoms with Gasteiger partial charge in [-0.2, -0.15) is 0 Å². The molecule has 162 valence electrons. The van der Waals surface area contributed by atoms with Gasteiger partial charge in [-0.1, -0.05) is 32.1 Å². The summed E-state index contributed by atoms with van der Waals surface area (Å²) in [5.74, 6) is 2.78. The molecule has 1 aromatic rings. The zero-order valence-electron chi connectivity index (χ0n) is 18.4. The van der Waals surface area contributed by atoms with Gasteiger partial charge in [-0.25, -0.2) is 4.99 Å². The Morgan fingerprint density at radius 3 is 2.55 bits per heavy atom. The van der Waals surface area contributed by atoms with Crippen molar-refractivity contribution in [3.63, 3.8) is 0 Å². The Balaban J connectivity index is 1.47. The summed E-state index contributed by atoms with van der Waals surface area (Å²) in [5.41, 5.74) is 0.298. The number of guanidine groups is 1. The second-order valence-corrected chi connectivity index (χ2v) is 9.18. The Kier molecular flexibility index (Phi) is 6.42. The summed E-state index contributed by atoms with van der Waals surface area (Å²) in [6.45, 7) is 5.45. The lowest BCUT2D eigenvalue weighted by atomic mass is 9.60. The minimum absolute atomic E-state index is 0.298. The summed E-state index contributed by atoms with van der Waals surface area (Å²) >= 11 is 0. The lowest BCUT2D eigenvalue weighted by molar-refractivity contribution is -0.125. The molecule has 1 aromatic heterocycles. The van der Waals surface area contributed by atoms with Gasteiger partial charge in [0, 0.05) is 31.2 Å². The predicted octanol–water partition coefficient (Wildman–Crippen LogP) is 3.23. The molecule has 7 nitrogen and oxygen atoms in total. The van der Waals surface area contributed by atoms with Crippen molar-refractivity contribution in [1.29, 1.82) is 0 Å². The summed E-state index contributed by atoms with van der Waals surface area (Å²) in [4.78, 5) is 4.94. The summed E-state index contributed by atoms with van der Waals surface area (Å²) in [7, 11) is 2.01. The molecule has 1 spiro atoms. The second kappa shape index (κ2) is 9.02. The number of aryl methyl sites for hydroxylation is 1. The van der Waals surface area contributed by atoms with Gasteiger partial charge < -0.3 is 19.9 Å². The summed E-state index contributed by atoms with van der Waals surface area (Å²) in [6, 6.07) is 0.983. The fraction of sp³-hybridized carbons (Fsp3) is 0.864. The van der Waals surface area contributed by atoms with Crippen molar-refractivity contribution < 1.29 is 4.74 Å². The zero-order chi connectivity index (χ0) is 20.3. The highest BCUT2D eigenvalue weighted by Crippen LogP contribution is 2.54. The molecule has 3 fully saturated rings. The van der Waals surface area contributed by atoms with E-state index in [2.05, 4.69) is 27.8 Å². The Bertz CT molecular complexity index is 702. The SMILES string of the molecule is CCOC1CC(NC(=NCc2nnc(C)n2C)NC2CCCCC2)C12CCCC2. The van der Waals surface area contributed by atoms with E-state index >= 15 is 0 Å². The first-order chi connectivity index (χ1) is 14.1. The fourth-order valence-electron chi connectivity index (χ4n) is 5.57. The third-order valence-electron chi connectivity index (χ3n) is 7.51. The molecule has 0 amide bonds. The molecule has 0 saturated heterocycles. The monoisotopic (exact) mass is 402 g/mol. The smallest absolute Gasteiger partial charge is 0.192 e. The van der Waals surface area contributed by atoms with Crippen LogP contribution in [0.1, 0.15) is 82.8 Å². The number of rotatable bonds is 6. The van der Waals surface area contributed by atoms with E-state index in [1.807, 2.05) is 18.5 Å². The average molecular weight is 403 g/mol. The summed E-state index contributed by atoms with van der Waals surface area (Å²) in [6.07, 6.45) is 13.1. The van der Waals surface area contributed by atoms with Gasteiger partial charge in [-0.3, -0.25) is 0 Å². The Morgan fingerprint density at radius 2 is 1.90 bits per heavy atom. The summed E-state index contributed by atoms with van der Waals surface area (Å²) < 4.78 is 8.13. The van der Waals surface area contributed by atoms with Gasteiger partial charge in [0.15, 0.2) is 11.8 Å². The molecule has 0 aromatic carbocycles. The Labute approximate surface area is 175 Å². The topological polar surface area (TPSA) is 76.4 Å². The lowest BCUT2D eigenvalue weighted by Gasteiger charge is -2.54. The number of nitrogens with one attached hydrogen (secondary N) is 2. The van der Waals surface area contributed by atoms with E-state index in [-0.39, 0.29) is 0 Å². The first kappa shape index (κ1) is 20.6. The molecule has 3 saturated carbocycles. The Hall–Kier alpha value is -1.63. The van der Waals surface area contributed by atoms with Crippen LogP contribution in [0.2, 0.25) is 0 Å². The van der Waals surface area contributed by atoms with Gasteiger partial charge >= 0.3 is 0 Å². The average Bonchev–Trinajstić information content (AvgIpc) is 3.36. The van der Waals surface area contributed by atoms with Crippen LogP contribution in [0.25, 0.3) is 0 Å². The van der Waals surface area contributed by atoms with Crippen LogP contribution in [0.3, 0.4) is 0 Å². The van der Waals surface area contributed by atoms with Crippen LogP contribution in [0.4, 0.5) is 0 Å². The highest BCUT2D eigenvalue weighted by Gasteiger charge is 2.57. The Morgan fingerprint density at radius 1 is 1.14 bits per heavy atom. The molecule has 2 unspecified atom stereocenters. The van der Waals surface area contributed by atoms with Gasteiger partial charge in [-0.05, 0) is 46.0 Å². The molecule has 29 heavy (non-hydrogen) atoms. The zero-order valence-corrected chi connectivity index (χ0v) is 18.4. The van der Waals surface area contributed by atoms with Gasteiger partial charge in [0.25, 0.3) is 0 Å². The van der Waals surface area contributed by atoms with Crippen LogP contribution in [0, 0.1) is 12.3 Å². The molecule has 0 aliphatic heterocycles. The maximum Gasteiger partial charge on any atom is 0.192 e. The highest BCUT2D eigenvalue weighted by molar-refractivity contribution is 5.80. The fourth-order valence-corrected chi connectivity index (χ4v) is 5.57. The van der Waals surface area contributed by atoms with Crippen molar-refractivity contribution in [3.05, 3.63) is 11.6 Å². The largest absolute Gasteiger partial charge is 0.378 e. The molecule has 7 heteroatoms. The molecule has 0 radical (unpaired) electrons. The van der Waals surface area contributed by atoms with E-state index in [0.29, 0.717) is 30.1 Å². The van der Waals surface area contributed by atoms with Crippen LogP contribution in [-0.2, 0) is 18.3 Å². The van der Waals surface area contributed by atoms with E-state index in [1.165, 1.54) is 57.8 Å². The highest BCUT2D eigenvalue weighted by atomic mass is 16.5. The van der Waals surface area contributed by atoms with E-state index in [1.54, 1.807) is 0 Å². The molecule has 2 atom stereocenters. The number of hydrogen-bond donors (Lipinski definition) is 2. The van der Waals surface area contributed by atoms with Gasteiger partial charge in [-0.15, -0.1) is 10.2 Å². The minimum Gasteiger partial charge on any atom is -0.378 e. The van der Waals surface area contributed by atoms with Crippen molar-refractivity contribution in [1.82, 2.24) is 25.4 Å². The molecular weight excluding hydrogens is 364 g/mol. The number of aliphatic imine (C=N–C) groups is 1. The molecule has 1 heterocycles. The molecule has 3 aliphatic carbocycles. The van der Waals surface area contributed by atoms with E-state index in [0.717, 1.165) is 30.6 Å². The number of nitrogens with zero attached hydrogens (tertiary/aromatic N) is 4.